The molecule has 5 nitrogen and oxygen atoms in total. The van der Waals surface area contributed by atoms with Gasteiger partial charge in [-0.05, 0) is 32.9 Å². The lowest BCUT2D eigenvalue weighted by molar-refractivity contribution is -0.123. The minimum atomic E-state index is -0.666. The molecule has 0 fully saturated rings. The third-order valence-corrected chi connectivity index (χ3v) is 4.35. The van der Waals surface area contributed by atoms with E-state index in [2.05, 4.69) is 0 Å². The second-order valence-electron chi connectivity index (χ2n) is 5.21. The van der Waals surface area contributed by atoms with Crippen molar-refractivity contribution in [2.45, 2.75) is 30.4 Å². The van der Waals surface area contributed by atoms with E-state index in [4.69, 9.17) is 5.73 Å². The molecular formula is C14H16N2O3S. The molecule has 1 heterocycles. The van der Waals surface area contributed by atoms with Crippen molar-refractivity contribution in [3.8, 4) is 0 Å². The molecule has 0 bridgehead atoms. The first-order valence-electron chi connectivity index (χ1n) is 6.16. The van der Waals surface area contributed by atoms with E-state index in [1.165, 1.54) is 23.6 Å². The lowest BCUT2D eigenvalue weighted by Crippen LogP contribution is -2.49. The van der Waals surface area contributed by atoms with E-state index in [-0.39, 0.29) is 18.2 Å². The normalized spacial score (nSPS) is 16.8. The number of hydrogen-bond donors (Lipinski definition) is 1. The standard InChI is InChI=1S/C14H16N2O3S/c1-8(17)9-4-5-11-10(6-9)16(7-12(15)18)13(19)14(2,3)20-11/h4-6H,7H2,1-3H3,(H2,15,18). The zero-order valence-electron chi connectivity index (χ0n) is 11.6. The maximum absolute atomic E-state index is 12.4. The molecule has 1 aliphatic rings. The van der Waals surface area contributed by atoms with Gasteiger partial charge in [0.2, 0.25) is 11.8 Å². The summed E-state index contributed by atoms with van der Waals surface area (Å²) < 4.78 is -0.666. The number of carbonyl (C=O) groups is 3. The smallest absolute Gasteiger partial charge is 0.243 e. The number of hydrogen-bond acceptors (Lipinski definition) is 4. The van der Waals surface area contributed by atoms with Gasteiger partial charge in [-0.1, -0.05) is 6.07 Å². The molecular weight excluding hydrogens is 276 g/mol. The highest BCUT2D eigenvalue weighted by Crippen LogP contribution is 2.45. The van der Waals surface area contributed by atoms with Gasteiger partial charge in [-0.15, -0.1) is 11.8 Å². The Morgan fingerprint density at radius 2 is 2.00 bits per heavy atom. The zero-order valence-corrected chi connectivity index (χ0v) is 12.4. The molecule has 2 amide bonds. The first-order valence-corrected chi connectivity index (χ1v) is 6.98. The van der Waals surface area contributed by atoms with Gasteiger partial charge in [0.05, 0.1) is 10.4 Å². The summed E-state index contributed by atoms with van der Waals surface area (Å²) in [4.78, 5) is 37.3. The highest BCUT2D eigenvalue weighted by molar-refractivity contribution is 8.01. The van der Waals surface area contributed by atoms with E-state index >= 15 is 0 Å². The van der Waals surface area contributed by atoms with E-state index in [0.29, 0.717) is 11.3 Å². The Balaban J connectivity index is 2.56. The number of thioether (sulfide) groups is 1. The van der Waals surface area contributed by atoms with Gasteiger partial charge in [0.25, 0.3) is 0 Å². The molecule has 0 aromatic heterocycles. The van der Waals surface area contributed by atoms with Gasteiger partial charge >= 0.3 is 0 Å². The topological polar surface area (TPSA) is 80.5 Å². The Hall–Kier alpha value is -1.82. The van der Waals surface area contributed by atoms with Crippen LogP contribution in [-0.4, -0.2) is 28.9 Å². The molecule has 0 saturated heterocycles. The monoisotopic (exact) mass is 292 g/mol. The van der Waals surface area contributed by atoms with Gasteiger partial charge < -0.3 is 10.6 Å². The van der Waals surface area contributed by atoms with Crippen LogP contribution in [0.1, 0.15) is 31.1 Å². The molecule has 0 unspecified atom stereocenters. The van der Waals surface area contributed by atoms with Crippen molar-refractivity contribution in [1.82, 2.24) is 0 Å². The van der Waals surface area contributed by atoms with Crippen LogP contribution >= 0.6 is 11.8 Å². The third-order valence-electron chi connectivity index (χ3n) is 3.10. The van der Waals surface area contributed by atoms with Gasteiger partial charge in [0, 0.05) is 10.5 Å². The number of nitrogens with zero attached hydrogens (tertiary/aromatic N) is 1. The average Bonchev–Trinajstić information content (AvgIpc) is 2.33. The number of rotatable bonds is 3. The fourth-order valence-corrected chi connectivity index (χ4v) is 3.26. The van der Waals surface area contributed by atoms with Gasteiger partial charge in [0.15, 0.2) is 5.78 Å². The van der Waals surface area contributed by atoms with Crippen molar-refractivity contribution in [2.75, 3.05) is 11.4 Å². The first-order chi connectivity index (χ1) is 9.22. The molecule has 1 aromatic rings. The summed E-state index contributed by atoms with van der Waals surface area (Å²) in [5.41, 5.74) is 6.30. The summed E-state index contributed by atoms with van der Waals surface area (Å²) >= 11 is 1.42. The molecule has 1 aromatic carbocycles. The number of amides is 2. The van der Waals surface area contributed by atoms with Gasteiger partial charge in [0.1, 0.15) is 6.54 Å². The van der Waals surface area contributed by atoms with Gasteiger partial charge in [-0.3, -0.25) is 14.4 Å². The van der Waals surface area contributed by atoms with Gasteiger partial charge in [-0.25, -0.2) is 0 Å². The first kappa shape index (κ1) is 14.6. The number of anilines is 1. The molecule has 0 saturated carbocycles. The SMILES string of the molecule is CC(=O)c1ccc2c(c1)N(CC(N)=O)C(=O)C(C)(C)S2. The Labute approximate surface area is 121 Å². The fourth-order valence-electron chi connectivity index (χ4n) is 2.10. The van der Waals surface area contributed by atoms with Crippen molar-refractivity contribution in [3.05, 3.63) is 23.8 Å². The lowest BCUT2D eigenvalue weighted by Gasteiger charge is -2.37. The van der Waals surface area contributed by atoms with Crippen LogP contribution in [-0.2, 0) is 9.59 Å². The number of nitrogens with two attached hydrogens (primary N) is 1. The summed E-state index contributed by atoms with van der Waals surface area (Å²) in [7, 11) is 0. The van der Waals surface area contributed by atoms with Crippen LogP contribution in [0.5, 0.6) is 0 Å². The van der Waals surface area contributed by atoms with Crippen LogP contribution in [0.2, 0.25) is 0 Å². The number of Topliss-reactive ketones (excluding diaryl/α,β-unsaturated/α-hetero) is 1. The molecule has 106 valence electrons. The molecule has 1 aliphatic heterocycles. The molecule has 2 N–H and O–H groups in total. The third kappa shape index (κ3) is 2.56. The molecule has 0 spiro atoms. The summed E-state index contributed by atoms with van der Waals surface area (Å²) in [6.45, 7) is 4.88. The Morgan fingerprint density at radius 3 is 2.55 bits per heavy atom. The average molecular weight is 292 g/mol. The lowest BCUT2D eigenvalue weighted by atomic mass is 10.1. The van der Waals surface area contributed by atoms with Crippen molar-refractivity contribution in [3.63, 3.8) is 0 Å². The van der Waals surface area contributed by atoms with Crippen molar-refractivity contribution >= 4 is 35.0 Å². The quantitative estimate of drug-likeness (QED) is 0.858. The number of fused-ring (bicyclic) bond motifs is 1. The van der Waals surface area contributed by atoms with E-state index in [9.17, 15) is 14.4 Å². The minimum Gasteiger partial charge on any atom is -0.368 e. The number of ketones is 1. The van der Waals surface area contributed by atoms with Crippen LogP contribution in [0, 0.1) is 0 Å². The molecule has 2 rings (SSSR count). The van der Waals surface area contributed by atoms with E-state index in [1.54, 1.807) is 32.0 Å². The highest BCUT2D eigenvalue weighted by atomic mass is 32.2. The van der Waals surface area contributed by atoms with E-state index in [1.807, 2.05) is 0 Å². The molecule has 6 heteroatoms. The second kappa shape index (κ2) is 4.94. The maximum atomic E-state index is 12.4. The van der Waals surface area contributed by atoms with Crippen LogP contribution in [0.15, 0.2) is 23.1 Å². The van der Waals surface area contributed by atoms with Crippen LogP contribution in [0.3, 0.4) is 0 Å². The van der Waals surface area contributed by atoms with E-state index < -0.39 is 10.7 Å². The highest BCUT2D eigenvalue weighted by Gasteiger charge is 2.40. The molecule has 0 aliphatic carbocycles. The largest absolute Gasteiger partial charge is 0.368 e. The van der Waals surface area contributed by atoms with Crippen LogP contribution < -0.4 is 10.6 Å². The Morgan fingerprint density at radius 1 is 1.35 bits per heavy atom. The van der Waals surface area contributed by atoms with E-state index in [0.717, 1.165) is 4.90 Å². The zero-order chi connectivity index (χ0) is 15.1. The molecule has 0 radical (unpaired) electrons. The summed E-state index contributed by atoms with van der Waals surface area (Å²) in [6, 6.07) is 5.17. The van der Waals surface area contributed by atoms with Crippen LogP contribution in [0.25, 0.3) is 0 Å². The van der Waals surface area contributed by atoms with Crippen LogP contribution in [0.4, 0.5) is 5.69 Å². The predicted octanol–water partition coefficient (Wildman–Crippen LogP) is 1.59. The predicted molar refractivity (Wildman–Crippen MR) is 77.9 cm³/mol. The van der Waals surface area contributed by atoms with Crippen molar-refractivity contribution < 1.29 is 14.4 Å². The summed E-state index contributed by atoms with van der Waals surface area (Å²) in [5.74, 6) is -0.858. The number of carbonyl (C=O) groups excluding carboxylic acids is 3. The summed E-state index contributed by atoms with van der Waals surface area (Å²) in [6.07, 6.45) is 0. The second-order valence-corrected chi connectivity index (χ2v) is 6.87. The number of benzene rings is 1. The maximum Gasteiger partial charge on any atom is 0.243 e. The van der Waals surface area contributed by atoms with Crippen molar-refractivity contribution in [1.29, 1.82) is 0 Å². The Bertz CT molecular complexity index is 610. The van der Waals surface area contributed by atoms with Crippen molar-refractivity contribution in [2.24, 2.45) is 5.73 Å². The fraction of sp³-hybridized carbons (Fsp3) is 0.357. The Kier molecular flexibility index (Phi) is 3.60. The molecule has 0 atom stereocenters. The molecule has 20 heavy (non-hydrogen) atoms. The number of primary amides is 1. The summed E-state index contributed by atoms with van der Waals surface area (Å²) in [5, 5.41) is 0. The van der Waals surface area contributed by atoms with Gasteiger partial charge in [-0.2, -0.15) is 0 Å². The minimum absolute atomic E-state index is 0.0888.